The maximum Gasteiger partial charge on any atom is 0.264 e. The molecule has 0 aliphatic carbocycles. The Hall–Kier alpha value is -3.23. The van der Waals surface area contributed by atoms with Crippen LogP contribution in [0.25, 0.3) is 0 Å². The summed E-state index contributed by atoms with van der Waals surface area (Å²) >= 11 is 0. The average Bonchev–Trinajstić information content (AvgIpc) is 2.84. The topological polar surface area (TPSA) is 130 Å². The number of Topliss-reactive ketones (excluding diaryl/α,β-unsaturated/α-hetero) is 1. The van der Waals surface area contributed by atoms with Gasteiger partial charge in [-0.2, -0.15) is 0 Å². The fourth-order valence-electron chi connectivity index (χ4n) is 3.32. The third-order valence-corrected chi connectivity index (χ3v) is 5.00. The van der Waals surface area contributed by atoms with E-state index in [9.17, 15) is 24.0 Å². The smallest absolute Gasteiger partial charge is 0.264 e. The third-order valence-electron chi connectivity index (χ3n) is 5.00. The quantitative estimate of drug-likeness (QED) is 0.612. The summed E-state index contributed by atoms with van der Waals surface area (Å²) in [5.41, 5.74) is 5.99. The lowest BCUT2D eigenvalue weighted by Gasteiger charge is -2.31. The lowest BCUT2D eigenvalue weighted by atomic mass is 10.1. The second-order valence-corrected chi connectivity index (χ2v) is 6.96. The number of imide groups is 1. The fraction of sp³-hybridized carbons (Fsp3) is 0.421. The van der Waals surface area contributed by atoms with Crippen molar-refractivity contribution >= 4 is 35.1 Å². The zero-order valence-corrected chi connectivity index (χ0v) is 15.6. The van der Waals surface area contributed by atoms with Gasteiger partial charge in [-0.3, -0.25) is 24.1 Å². The summed E-state index contributed by atoms with van der Waals surface area (Å²) in [6, 6.07) is 3.48. The van der Waals surface area contributed by atoms with Crippen LogP contribution in [0.5, 0.6) is 0 Å². The van der Waals surface area contributed by atoms with E-state index in [4.69, 9.17) is 5.73 Å². The van der Waals surface area contributed by atoms with Crippen LogP contribution < -0.4 is 11.1 Å². The summed E-state index contributed by atoms with van der Waals surface area (Å²) in [5.74, 6) is -2.40. The molecule has 1 fully saturated rings. The van der Waals surface area contributed by atoms with Crippen molar-refractivity contribution in [2.75, 3.05) is 25.0 Å². The molecule has 0 radical (unpaired) electrons. The molecule has 1 aromatic carbocycles. The van der Waals surface area contributed by atoms with Crippen LogP contribution in [0.4, 0.5) is 5.69 Å². The number of ketones is 1. The standard InChI is InChI=1S/C19H22N4O5/c1-11(24)6-7-14(17(20)26)23-18(27)12-4-2-5-13(16(12)19(23)28)21-10-15(25)22-8-3-9-22/h2,4-5,14,21H,3,6-10H2,1H3,(H2,20,26). The minimum atomic E-state index is -1.20. The van der Waals surface area contributed by atoms with Gasteiger partial charge in [-0.05, 0) is 31.9 Å². The van der Waals surface area contributed by atoms with E-state index < -0.39 is 23.8 Å². The summed E-state index contributed by atoms with van der Waals surface area (Å²) in [4.78, 5) is 63.4. The highest BCUT2D eigenvalue weighted by atomic mass is 16.2. The number of fused-ring (bicyclic) bond motifs is 1. The SMILES string of the molecule is CC(=O)CCC(C(N)=O)N1C(=O)c2cccc(NCC(=O)N3CCC3)c2C1=O. The molecule has 0 bridgehead atoms. The Morgan fingerprint density at radius 1 is 1.18 bits per heavy atom. The summed E-state index contributed by atoms with van der Waals surface area (Å²) in [6.45, 7) is 2.79. The van der Waals surface area contributed by atoms with Crippen LogP contribution in [0.1, 0.15) is 46.9 Å². The van der Waals surface area contributed by atoms with Crippen LogP contribution in [-0.4, -0.2) is 64.9 Å². The number of anilines is 1. The Balaban J connectivity index is 1.82. The minimum absolute atomic E-state index is 0.00150. The Bertz CT molecular complexity index is 862. The molecule has 28 heavy (non-hydrogen) atoms. The van der Waals surface area contributed by atoms with E-state index >= 15 is 0 Å². The second-order valence-electron chi connectivity index (χ2n) is 6.96. The molecule has 0 aromatic heterocycles. The largest absolute Gasteiger partial charge is 0.375 e. The first-order valence-electron chi connectivity index (χ1n) is 9.12. The zero-order valence-electron chi connectivity index (χ0n) is 15.6. The second kappa shape index (κ2) is 7.79. The van der Waals surface area contributed by atoms with Crippen LogP contribution in [0.3, 0.4) is 0 Å². The minimum Gasteiger partial charge on any atom is -0.375 e. The normalized spacial score (nSPS) is 16.5. The third kappa shape index (κ3) is 3.60. The zero-order chi connectivity index (χ0) is 20.4. The molecule has 2 aliphatic rings. The van der Waals surface area contributed by atoms with Crippen molar-refractivity contribution in [2.45, 2.75) is 32.2 Å². The average molecular weight is 386 g/mol. The molecular weight excluding hydrogens is 364 g/mol. The molecule has 3 rings (SSSR count). The van der Waals surface area contributed by atoms with Crippen molar-refractivity contribution in [3.8, 4) is 0 Å². The van der Waals surface area contributed by atoms with E-state index in [0.29, 0.717) is 5.69 Å². The van der Waals surface area contributed by atoms with E-state index in [2.05, 4.69) is 5.32 Å². The highest BCUT2D eigenvalue weighted by Gasteiger charge is 2.43. The first-order valence-corrected chi connectivity index (χ1v) is 9.12. The number of benzene rings is 1. The Morgan fingerprint density at radius 2 is 1.89 bits per heavy atom. The number of nitrogens with two attached hydrogens (primary N) is 1. The fourth-order valence-corrected chi connectivity index (χ4v) is 3.32. The molecule has 0 spiro atoms. The number of carbonyl (C=O) groups is 5. The van der Waals surface area contributed by atoms with E-state index in [-0.39, 0.29) is 42.2 Å². The van der Waals surface area contributed by atoms with Gasteiger partial charge in [0, 0.05) is 25.2 Å². The molecule has 4 amide bonds. The number of rotatable bonds is 8. The Labute approximate surface area is 161 Å². The lowest BCUT2D eigenvalue weighted by molar-refractivity contribution is -0.132. The van der Waals surface area contributed by atoms with E-state index in [0.717, 1.165) is 24.4 Å². The van der Waals surface area contributed by atoms with Crippen LogP contribution >= 0.6 is 0 Å². The molecule has 1 saturated heterocycles. The first kappa shape index (κ1) is 19.5. The molecular formula is C19H22N4O5. The molecule has 9 nitrogen and oxygen atoms in total. The van der Waals surface area contributed by atoms with Gasteiger partial charge in [0.2, 0.25) is 11.8 Å². The van der Waals surface area contributed by atoms with Gasteiger partial charge in [0.15, 0.2) is 0 Å². The Kier molecular flexibility index (Phi) is 5.43. The predicted octanol–water partition coefficient (Wildman–Crippen LogP) is 0.150. The highest BCUT2D eigenvalue weighted by Crippen LogP contribution is 2.31. The van der Waals surface area contributed by atoms with Crippen molar-refractivity contribution in [3.63, 3.8) is 0 Å². The summed E-state index contributed by atoms with van der Waals surface area (Å²) < 4.78 is 0. The maximum atomic E-state index is 12.9. The number of nitrogens with zero attached hydrogens (tertiary/aromatic N) is 2. The number of amides is 4. The van der Waals surface area contributed by atoms with Gasteiger partial charge in [0.25, 0.3) is 11.8 Å². The molecule has 9 heteroatoms. The van der Waals surface area contributed by atoms with Gasteiger partial charge < -0.3 is 20.7 Å². The highest BCUT2D eigenvalue weighted by molar-refractivity contribution is 6.25. The molecule has 1 atom stereocenters. The summed E-state index contributed by atoms with van der Waals surface area (Å²) in [7, 11) is 0. The molecule has 2 heterocycles. The van der Waals surface area contributed by atoms with Gasteiger partial charge in [0.05, 0.1) is 17.7 Å². The van der Waals surface area contributed by atoms with Crippen LogP contribution in [0, 0.1) is 0 Å². The van der Waals surface area contributed by atoms with E-state index in [1.807, 2.05) is 0 Å². The number of carbonyl (C=O) groups excluding carboxylic acids is 5. The van der Waals surface area contributed by atoms with Crippen molar-refractivity contribution < 1.29 is 24.0 Å². The molecule has 0 saturated carbocycles. The maximum absolute atomic E-state index is 12.9. The molecule has 148 valence electrons. The summed E-state index contributed by atoms with van der Waals surface area (Å²) in [6.07, 6.45) is 0.978. The van der Waals surface area contributed by atoms with Crippen molar-refractivity contribution in [1.82, 2.24) is 9.80 Å². The number of primary amides is 1. The number of nitrogens with one attached hydrogen (secondary N) is 1. The summed E-state index contributed by atoms with van der Waals surface area (Å²) in [5, 5.41) is 2.92. The molecule has 1 unspecified atom stereocenters. The van der Waals surface area contributed by atoms with Crippen LogP contribution in [0.2, 0.25) is 0 Å². The monoisotopic (exact) mass is 386 g/mol. The first-order chi connectivity index (χ1) is 13.3. The molecule has 2 aliphatic heterocycles. The molecule has 3 N–H and O–H groups in total. The Morgan fingerprint density at radius 3 is 2.46 bits per heavy atom. The van der Waals surface area contributed by atoms with Gasteiger partial charge in [-0.15, -0.1) is 0 Å². The van der Waals surface area contributed by atoms with E-state index in [1.165, 1.54) is 13.0 Å². The number of hydrogen-bond acceptors (Lipinski definition) is 6. The van der Waals surface area contributed by atoms with Gasteiger partial charge in [-0.1, -0.05) is 6.07 Å². The van der Waals surface area contributed by atoms with Crippen molar-refractivity contribution in [3.05, 3.63) is 29.3 Å². The molecule has 1 aromatic rings. The van der Waals surface area contributed by atoms with E-state index in [1.54, 1.807) is 17.0 Å². The van der Waals surface area contributed by atoms with Gasteiger partial charge >= 0.3 is 0 Å². The van der Waals surface area contributed by atoms with Gasteiger partial charge in [-0.25, -0.2) is 0 Å². The lowest BCUT2D eigenvalue weighted by Crippen LogP contribution is -2.48. The number of hydrogen-bond donors (Lipinski definition) is 2. The number of likely N-dealkylation sites (tertiary alicyclic amines) is 1. The van der Waals surface area contributed by atoms with Crippen LogP contribution in [-0.2, 0) is 14.4 Å². The predicted molar refractivity (Wildman–Crippen MR) is 99.5 cm³/mol. The van der Waals surface area contributed by atoms with Gasteiger partial charge in [0.1, 0.15) is 11.8 Å². The van der Waals surface area contributed by atoms with Crippen molar-refractivity contribution in [2.24, 2.45) is 5.73 Å². The van der Waals surface area contributed by atoms with Crippen LogP contribution in [0.15, 0.2) is 18.2 Å². The van der Waals surface area contributed by atoms with Crippen molar-refractivity contribution in [1.29, 1.82) is 0 Å².